The lowest BCUT2D eigenvalue weighted by Crippen LogP contribution is -2.25. The van der Waals surface area contributed by atoms with E-state index < -0.39 is 11.9 Å². The van der Waals surface area contributed by atoms with Gasteiger partial charge in [0.05, 0.1) is 16.5 Å². The van der Waals surface area contributed by atoms with E-state index in [1.807, 2.05) is 37.3 Å². The molecule has 1 amide bonds. The van der Waals surface area contributed by atoms with E-state index in [0.29, 0.717) is 5.13 Å². The van der Waals surface area contributed by atoms with Crippen LogP contribution in [-0.2, 0) is 9.59 Å². The molecule has 0 bridgehead atoms. The first-order valence-electron chi connectivity index (χ1n) is 6.62. The van der Waals surface area contributed by atoms with E-state index in [9.17, 15) is 9.59 Å². The van der Waals surface area contributed by atoms with Crippen molar-refractivity contribution in [1.29, 1.82) is 0 Å². The molecule has 6 heteroatoms. The summed E-state index contributed by atoms with van der Waals surface area (Å²) in [7, 11) is 0. The fourth-order valence-electron chi connectivity index (χ4n) is 2.41. The number of anilines is 1. The van der Waals surface area contributed by atoms with Crippen molar-refractivity contribution >= 4 is 28.3 Å². The maximum absolute atomic E-state index is 12.0. The standard InChI is InChI=1S/C15H14N2O3S/c1-9-13(10-5-3-2-4-6-10)21-15(16-9)17-8-11(14(19)20)7-12(17)18/h2-6,11H,7-8H2,1H3,(H,19,20)/t11-/m0/s1. The lowest BCUT2D eigenvalue weighted by molar-refractivity contribution is -0.141. The average Bonchev–Trinajstić information content (AvgIpc) is 3.03. The van der Waals surface area contributed by atoms with Gasteiger partial charge in [-0.05, 0) is 12.5 Å². The van der Waals surface area contributed by atoms with E-state index in [1.165, 1.54) is 16.2 Å². The topological polar surface area (TPSA) is 70.5 Å². The van der Waals surface area contributed by atoms with Crippen LogP contribution in [0.2, 0.25) is 0 Å². The number of aromatic nitrogens is 1. The monoisotopic (exact) mass is 302 g/mol. The molecule has 0 radical (unpaired) electrons. The lowest BCUT2D eigenvalue weighted by atomic mass is 10.1. The molecule has 3 rings (SSSR count). The molecule has 1 atom stereocenters. The van der Waals surface area contributed by atoms with Crippen molar-refractivity contribution < 1.29 is 14.7 Å². The van der Waals surface area contributed by atoms with Crippen molar-refractivity contribution in [2.45, 2.75) is 13.3 Å². The molecular weight excluding hydrogens is 288 g/mol. The van der Waals surface area contributed by atoms with Crippen molar-refractivity contribution in [3.05, 3.63) is 36.0 Å². The Hall–Kier alpha value is -2.21. The van der Waals surface area contributed by atoms with Gasteiger partial charge in [0.25, 0.3) is 0 Å². The van der Waals surface area contributed by atoms with E-state index in [2.05, 4.69) is 4.98 Å². The number of thiazole rings is 1. The molecule has 1 fully saturated rings. The summed E-state index contributed by atoms with van der Waals surface area (Å²) in [5.41, 5.74) is 1.91. The zero-order valence-electron chi connectivity index (χ0n) is 11.4. The fraction of sp³-hybridized carbons (Fsp3) is 0.267. The summed E-state index contributed by atoms with van der Waals surface area (Å²) < 4.78 is 0. The quantitative estimate of drug-likeness (QED) is 0.946. The van der Waals surface area contributed by atoms with E-state index >= 15 is 0 Å². The number of hydrogen-bond donors (Lipinski definition) is 1. The Kier molecular flexibility index (Phi) is 3.47. The van der Waals surface area contributed by atoms with E-state index in [4.69, 9.17) is 5.11 Å². The SMILES string of the molecule is Cc1nc(N2C[C@@H](C(=O)O)CC2=O)sc1-c1ccccc1. The third-order valence-electron chi connectivity index (χ3n) is 3.53. The number of carboxylic acids is 1. The Bertz CT molecular complexity index is 696. The normalized spacial score (nSPS) is 18.2. The van der Waals surface area contributed by atoms with Crippen LogP contribution in [0.25, 0.3) is 10.4 Å². The lowest BCUT2D eigenvalue weighted by Gasteiger charge is -2.11. The third kappa shape index (κ3) is 2.54. The number of aryl methyl sites for hydroxylation is 1. The Morgan fingerprint density at radius 2 is 2.10 bits per heavy atom. The van der Waals surface area contributed by atoms with Crippen molar-refractivity contribution in [3.63, 3.8) is 0 Å². The second-order valence-electron chi connectivity index (χ2n) is 5.02. The molecule has 0 unspecified atom stereocenters. The number of aliphatic carboxylic acids is 1. The van der Waals surface area contributed by atoms with E-state index in [1.54, 1.807) is 0 Å². The molecule has 1 saturated heterocycles. The van der Waals surface area contributed by atoms with Crippen molar-refractivity contribution in [1.82, 2.24) is 4.98 Å². The molecule has 1 aliphatic rings. The first-order valence-corrected chi connectivity index (χ1v) is 7.44. The predicted molar refractivity (Wildman–Crippen MR) is 80.4 cm³/mol. The highest BCUT2D eigenvalue weighted by molar-refractivity contribution is 7.19. The van der Waals surface area contributed by atoms with Gasteiger partial charge in [-0.1, -0.05) is 41.7 Å². The molecule has 1 aromatic heterocycles. The molecule has 2 aromatic rings. The van der Waals surface area contributed by atoms with Crippen LogP contribution in [0.1, 0.15) is 12.1 Å². The van der Waals surface area contributed by atoms with Crippen LogP contribution >= 0.6 is 11.3 Å². The Labute approximate surface area is 125 Å². The summed E-state index contributed by atoms with van der Waals surface area (Å²) >= 11 is 1.43. The minimum Gasteiger partial charge on any atom is -0.481 e. The Morgan fingerprint density at radius 3 is 2.71 bits per heavy atom. The molecule has 0 saturated carbocycles. The zero-order chi connectivity index (χ0) is 15.0. The fourth-order valence-corrected chi connectivity index (χ4v) is 3.51. The van der Waals surface area contributed by atoms with Gasteiger partial charge in [0.2, 0.25) is 5.91 Å². The van der Waals surface area contributed by atoms with Crippen LogP contribution < -0.4 is 4.90 Å². The summed E-state index contributed by atoms with van der Waals surface area (Å²) in [5.74, 6) is -1.74. The maximum atomic E-state index is 12.0. The van der Waals surface area contributed by atoms with Gasteiger partial charge in [0, 0.05) is 13.0 Å². The Balaban J connectivity index is 1.91. The molecule has 108 valence electrons. The van der Waals surface area contributed by atoms with Gasteiger partial charge in [-0.3, -0.25) is 14.5 Å². The van der Waals surface area contributed by atoms with Crippen LogP contribution in [0.3, 0.4) is 0 Å². The number of benzene rings is 1. The number of carboxylic acid groups (broad SMARTS) is 1. The predicted octanol–water partition coefficient (Wildman–Crippen LogP) is 2.56. The van der Waals surface area contributed by atoms with Gasteiger partial charge in [0.1, 0.15) is 0 Å². The summed E-state index contributed by atoms with van der Waals surface area (Å²) in [6.45, 7) is 2.10. The van der Waals surface area contributed by atoms with Crippen LogP contribution in [0.15, 0.2) is 30.3 Å². The zero-order valence-corrected chi connectivity index (χ0v) is 12.3. The van der Waals surface area contributed by atoms with E-state index in [-0.39, 0.29) is 18.9 Å². The molecule has 2 heterocycles. The van der Waals surface area contributed by atoms with Gasteiger partial charge >= 0.3 is 5.97 Å². The van der Waals surface area contributed by atoms with Gasteiger partial charge in [0.15, 0.2) is 5.13 Å². The van der Waals surface area contributed by atoms with Crippen LogP contribution in [0.5, 0.6) is 0 Å². The molecule has 1 N–H and O–H groups in total. The van der Waals surface area contributed by atoms with Gasteiger partial charge in [-0.15, -0.1) is 0 Å². The maximum Gasteiger partial charge on any atom is 0.308 e. The minimum absolute atomic E-state index is 0.0502. The van der Waals surface area contributed by atoms with Gasteiger partial charge in [-0.25, -0.2) is 4.98 Å². The Morgan fingerprint density at radius 1 is 1.38 bits per heavy atom. The molecule has 5 nitrogen and oxygen atoms in total. The van der Waals surface area contributed by atoms with Gasteiger partial charge in [-0.2, -0.15) is 0 Å². The molecule has 1 aromatic carbocycles. The smallest absolute Gasteiger partial charge is 0.308 e. The number of carbonyl (C=O) groups excluding carboxylic acids is 1. The first kappa shape index (κ1) is 13.8. The van der Waals surface area contributed by atoms with Crippen molar-refractivity contribution in [2.75, 3.05) is 11.4 Å². The average molecular weight is 302 g/mol. The van der Waals surface area contributed by atoms with Crippen LogP contribution in [0, 0.1) is 12.8 Å². The van der Waals surface area contributed by atoms with Crippen LogP contribution in [-0.4, -0.2) is 28.5 Å². The van der Waals surface area contributed by atoms with Crippen LogP contribution in [0.4, 0.5) is 5.13 Å². The molecule has 1 aliphatic heterocycles. The number of carbonyl (C=O) groups is 2. The summed E-state index contributed by atoms with van der Waals surface area (Å²) in [5, 5.41) is 9.62. The highest BCUT2D eigenvalue weighted by Crippen LogP contribution is 2.36. The highest BCUT2D eigenvalue weighted by Gasteiger charge is 2.36. The van der Waals surface area contributed by atoms with Crippen molar-refractivity contribution in [3.8, 4) is 10.4 Å². The molecule has 0 aliphatic carbocycles. The minimum atomic E-state index is -0.928. The second kappa shape index (κ2) is 5.29. The summed E-state index contributed by atoms with van der Waals surface area (Å²) in [6.07, 6.45) is 0.0502. The van der Waals surface area contributed by atoms with E-state index in [0.717, 1.165) is 16.1 Å². The molecule has 0 spiro atoms. The second-order valence-corrected chi connectivity index (χ2v) is 6.00. The number of hydrogen-bond acceptors (Lipinski definition) is 4. The van der Waals surface area contributed by atoms with Gasteiger partial charge < -0.3 is 5.11 Å². The number of nitrogens with zero attached hydrogens (tertiary/aromatic N) is 2. The summed E-state index contributed by atoms with van der Waals surface area (Å²) in [6, 6.07) is 9.85. The number of amides is 1. The number of rotatable bonds is 3. The van der Waals surface area contributed by atoms with Crippen molar-refractivity contribution in [2.24, 2.45) is 5.92 Å². The molecule has 21 heavy (non-hydrogen) atoms. The largest absolute Gasteiger partial charge is 0.481 e. The third-order valence-corrected chi connectivity index (χ3v) is 4.76. The first-order chi connectivity index (χ1) is 10.1. The highest BCUT2D eigenvalue weighted by atomic mass is 32.1. The summed E-state index contributed by atoms with van der Waals surface area (Å²) in [4.78, 5) is 29.9. The molecular formula is C15H14N2O3S.